The first-order chi connectivity index (χ1) is 28.7. The fourth-order valence-corrected chi connectivity index (χ4v) is 11.3. The number of ether oxygens (including phenoxy) is 1. The van der Waals surface area contributed by atoms with E-state index in [1.165, 1.54) is 27.9 Å². The van der Waals surface area contributed by atoms with Crippen LogP contribution in [0, 0.1) is 5.41 Å². The first-order valence-corrected chi connectivity index (χ1v) is 21.1. The van der Waals surface area contributed by atoms with Gasteiger partial charge in [0.1, 0.15) is 24.1 Å². The summed E-state index contributed by atoms with van der Waals surface area (Å²) in [6, 6.07) is 29.0. The van der Waals surface area contributed by atoms with Gasteiger partial charge < -0.3 is 29.4 Å². The van der Waals surface area contributed by atoms with Crippen LogP contribution in [-0.2, 0) is 27.3 Å². The number of imide groups is 1. The van der Waals surface area contributed by atoms with Crippen molar-refractivity contribution in [3.05, 3.63) is 118 Å². The normalized spacial score (nSPS) is 25.6. The van der Waals surface area contributed by atoms with Crippen molar-refractivity contribution in [1.82, 2.24) is 20.0 Å². The zero-order chi connectivity index (χ0) is 40.0. The number of anilines is 2. The maximum atomic E-state index is 13.6. The van der Waals surface area contributed by atoms with E-state index in [0.29, 0.717) is 62.2 Å². The number of hydrogen-bond donors (Lipinski definition) is 2. The molecular formula is C47H48N6O6. The van der Waals surface area contributed by atoms with Crippen molar-refractivity contribution in [1.29, 1.82) is 0 Å². The highest BCUT2D eigenvalue weighted by atomic mass is 16.5. The lowest BCUT2D eigenvalue weighted by Gasteiger charge is -2.61. The fraction of sp³-hybridized carbons (Fsp3) is 0.404. The van der Waals surface area contributed by atoms with Crippen molar-refractivity contribution >= 4 is 35.0 Å². The zero-order valence-electron chi connectivity index (χ0n) is 33.0. The number of benzene rings is 4. The monoisotopic (exact) mass is 792 g/mol. The smallest absolute Gasteiger partial charge is 0.255 e. The number of likely N-dealkylation sites (tertiary alicyclic amines) is 1. The average molecular weight is 793 g/mol. The van der Waals surface area contributed by atoms with Gasteiger partial charge in [0, 0.05) is 80.4 Å². The Morgan fingerprint density at radius 3 is 2.46 bits per heavy atom. The minimum Gasteiger partial charge on any atom is -0.508 e. The second-order valence-electron chi connectivity index (χ2n) is 17.8. The molecule has 0 aromatic heterocycles. The number of rotatable bonds is 6. The molecule has 11 rings (SSSR count). The molecule has 0 radical (unpaired) electrons. The van der Waals surface area contributed by atoms with E-state index in [1.54, 1.807) is 4.90 Å². The van der Waals surface area contributed by atoms with Crippen molar-refractivity contribution in [2.75, 3.05) is 68.8 Å². The third-order valence-corrected chi connectivity index (χ3v) is 14.2. The van der Waals surface area contributed by atoms with Crippen molar-refractivity contribution < 1.29 is 29.0 Å². The largest absolute Gasteiger partial charge is 0.508 e. The number of phenolic OH excluding ortho intramolecular Hbond substituents is 1. The van der Waals surface area contributed by atoms with Gasteiger partial charge in [-0.25, -0.2) is 0 Å². The van der Waals surface area contributed by atoms with Gasteiger partial charge >= 0.3 is 0 Å². The molecule has 302 valence electrons. The van der Waals surface area contributed by atoms with Gasteiger partial charge in [-0.1, -0.05) is 48.5 Å². The zero-order valence-corrected chi connectivity index (χ0v) is 33.0. The van der Waals surface area contributed by atoms with Gasteiger partial charge in [0.05, 0.1) is 24.8 Å². The van der Waals surface area contributed by atoms with Crippen LogP contribution in [0.3, 0.4) is 0 Å². The number of piperazine rings is 1. The van der Waals surface area contributed by atoms with Gasteiger partial charge in [0.25, 0.3) is 5.91 Å². The Morgan fingerprint density at radius 2 is 1.66 bits per heavy atom. The van der Waals surface area contributed by atoms with Gasteiger partial charge in [0.2, 0.25) is 17.7 Å². The van der Waals surface area contributed by atoms with Crippen LogP contribution in [0.15, 0.2) is 84.9 Å². The Balaban J connectivity index is 0.687. The minimum absolute atomic E-state index is 0.0152. The molecule has 4 saturated heterocycles. The second kappa shape index (κ2) is 13.9. The summed E-state index contributed by atoms with van der Waals surface area (Å²) in [5.41, 5.74) is 8.95. The summed E-state index contributed by atoms with van der Waals surface area (Å²) in [5, 5.41) is 12.6. The maximum absolute atomic E-state index is 13.6. The van der Waals surface area contributed by atoms with Crippen LogP contribution in [0.25, 0.3) is 0 Å². The molecule has 4 aromatic carbocycles. The van der Waals surface area contributed by atoms with Gasteiger partial charge in [-0.3, -0.25) is 29.4 Å². The number of piperidine rings is 1. The SMILES string of the molecule is O=C1CCC(N2Cc3c(ccc4c3OC[C@H]3CN(C(=O)CN5CC6(C5)CN(c5ccc([C@@H]7c8ccc(O)cc8CC[C@@H]7c7ccccc7)cc5)C6)CCN43)C2=O)C(=O)N1. The third-order valence-electron chi connectivity index (χ3n) is 14.2. The van der Waals surface area contributed by atoms with Crippen molar-refractivity contribution in [2.24, 2.45) is 5.41 Å². The molecule has 7 aliphatic rings. The van der Waals surface area contributed by atoms with Crippen molar-refractivity contribution in [3.8, 4) is 11.5 Å². The lowest BCUT2D eigenvalue weighted by Crippen LogP contribution is -2.73. The number of fused-ring (bicyclic) bond motifs is 6. The Kier molecular flexibility index (Phi) is 8.51. The van der Waals surface area contributed by atoms with E-state index < -0.39 is 11.9 Å². The van der Waals surface area contributed by atoms with E-state index in [-0.39, 0.29) is 48.1 Å². The quantitative estimate of drug-likeness (QED) is 0.276. The molecule has 1 spiro atoms. The third kappa shape index (κ3) is 6.13. The summed E-state index contributed by atoms with van der Waals surface area (Å²) >= 11 is 0. The summed E-state index contributed by atoms with van der Waals surface area (Å²) in [4.78, 5) is 61.9. The average Bonchev–Trinajstić information content (AvgIpc) is 3.56. The molecule has 0 saturated carbocycles. The van der Waals surface area contributed by atoms with Crippen molar-refractivity contribution in [2.45, 2.75) is 56.1 Å². The number of aryl methyl sites for hydroxylation is 1. The molecule has 6 aliphatic heterocycles. The Morgan fingerprint density at radius 1 is 0.847 bits per heavy atom. The molecule has 1 unspecified atom stereocenters. The fourth-order valence-electron chi connectivity index (χ4n) is 11.3. The Hall–Kier alpha value is -5.88. The molecule has 4 fully saturated rings. The highest BCUT2D eigenvalue weighted by molar-refractivity contribution is 6.06. The van der Waals surface area contributed by atoms with Crippen LogP contribution < -0.4 is 19.9 Å². The number of amides is 4. The topological polar surface area (TPSA) is 126 Å². The van der Waals surface area contributed by atoms with E-state index in [2.05, 4.69) is 80.7 Å². The molecule has 2 N–H and O–H groups in total. The minimum atomic E-state index is -0.672. The first kappa shape index (κ1) is 36.2. The summed E-state index contributed by atoms with van der Waals surface area (Å²) in [5.74, 6) is 0.842. The number of hydrogen-bond acceptors (Lipinski definition) is 9. The first-order valence-electron chi connectivity index (χ1n) is 21.1. The number of aromatic hydroxyl groups is 1. The maximum Gasteiger partial charge on any atom is 0.255 e. The van der Waals surface area contributed by atoms with Gasteiger partial charge in [-0.05, 0) is 83.8 Å². The molecule has 4 atom stereocenters. The van der Waals surface area contributed by atoms with Crippen LogP contribution in [0.2, 0.25) is 0 Å². The molecule has 4 aromatic rings. The van der Waals surface area contributed by atoms with E-state index in [0.717, 1.165) is 50.3 Å². The summed E-state index contributed by atoms with van der Waals surface area (Å²) in [7, 11) is 0. The molecule has 12 heteroatoms. The molecule has 1 aliphatic carbocycles. The lowest BCUT2D eigenvalue weighted by atomic mass is 9.69. The predicted octanol–water partition coefficient (Wildman–Crippen LogP) is 4.25. The molecular weight excluding hydrogens is 745 g/mol. The molecule has 4 amide bonds. The Labute approximate surface area is 343 Å². The molecule has 59 heavy (non-hydrogen) atoms. The number of phenols is 1. The standard InChI is InChI=1S/C47H48N6O6/c54-34-11-13-36-31(20-34)8-12-35(29-4-2-1-3-5-29)43(36)30-6-9-32(10-7-30)51-27-47(28-51)25-49(26-47)23-42(56)50-18-19-52-33(21-50)24-59-44-38-22-53(40-16-17-41(55)48-45(40)57)46(58)37(38)14-15-39(44)52/h1-7,9-11,13-15,20,33,35,40,43,54H,8,12,16-19,21-28H2,(H,48,55,57)/t33-,35-,40?,43+/m1/s1. The summed E-state index contributed by atoms with van der Waals surface area (Å²) in [6.45, 7) is 6.84. The van der Waals surface area contributed by atoms with Crippen LogP contribution >= 0.6 is 0 Å². The van der Waals surface area contributed by atoms with E-state index in [4.69, 9.17) is 4.74 Å². The molecule has 0 bridgehead atoms. The van der Waals surface area contributed by atoms with Gasteiger partial charge in [0.15, 0.2) is 0 Å². The van der Waals surface area contributed by atoms with Gasteiger partial charge in [-0.15, -0.1) is 0 Å². The number of nitrogens with zero attached hydrogens (tertiary/aromatic N) is 5. The van der Waals surface area contributed by atoms with Crippen LogP contribution in [0.4, 0.5) is 11.4 Å². The number of carbonyl (C=O) groups excluding carboxylic acids is 4. The van der Waals surface area contributed by atoms with Crippen LogP contribution in [-0.4, -0.2) is 114 Å². The van der Waals surface area contributed by atoms with E-state index in [9.17, 15) is 24.3 Å². The van der Waals surface area contributed by atoms with Crippen LogP contribution in [0.5, 0.6) is 11.5 Å². The molecule has 12 nitrogen and oxygen atoms in total. The van der Waals surface area contributed by atoms with Crippen molar-refractivity contribution in [3.63, 3.8) is 0 Å². The summed E-state index contributed by atoms with van der Waals surface area (Å²) < 4.78 is 6.34. The second-order valence-corrected chi connectivity index (χ2v) is 17.8. The Bertz CT molecular complexity index is 2370. The molecule has 6 heterocycles. The highest BCUT2D eigenvalue weighted by Crippen LogP contribution is 2.48. The van der Waals surface area contributed by atoms with Gasteiger partial charge in [-0.2, -0.15) is 0 Å². The lowest BCUT2D eigenvalue weighted by molar-refractivity contribution is -0.138. The van der Waals surface area contributed by atoms with E-state index >= 15 is 0 Å². The number of nitrogens with one attached hydrogen (secondary N) is 1. The highest BCUT2D eigenvalue weighted by Gasteiger charge is 2.52. The van der Waals surface area contributed by atoms with E-state index in [1.807, 2.05) is 29.2 Å². The summed E-state index contributed by atoms with van der Waals surface area (Å²) in [6.07, 6.45) is 2.53. The number of carbonyl (C=O) groups is 4. The predicted molar refractivity (Wildman–Crippen MR) is 221 cm³/mol. The van der Waals surface area contributed by atoms with Crippen LogP contribution in [0.1, 0.15) is 69.3 Å².